The molecule has 0 aliphatic carbocycles. The van der Waals surface area contributed by atoms with E-state index >= 15 is 0 Å². The second-order valence-corrected chi connectivity index (χ2v) is 6.51. The number of rotatable bonds is 3. The van der Waals surface area contributed by atoms with Crippen LogP contribution in [0.25, 0.3) is 5.65 Å². The Kier molecular flexibility index (Phi) is 4.27. The van der Waals surface area contributed by atoms with Gasteiger partial charge in [-0.15, -0.1) is 0 Å². The van der Waals surface area contributed by atoms with Crippen molar-refractivity contribution in [3.05, 3.63) is 69.8 Å². The van der Waals surface area contributed by atoms with E-state index < -0.39 is 11.5 Å². The summed E-state index contributed by atoms with van der Waals surface area (Å²) in [5.74, 6) is 0.879. The summed E-state index contributed by atoms with van der Waals surface area (Å²) in [6.45, 7) is 4.75. The highest BCUT2D eigenvalue weighted by molar-refractivity contribution is 5.94. The first-order chi connectivity index (χ1) is 13.0. The number of aromatic nitrogens is 2. The number of amides is 1. The summed E-state index contributed by atoms with van der Waals surface area (Å²) in [5, 5.41) is 2.85. The molecule has 1 aliphatic heterocycles. The molecule has 1 N–H and O–H groups in total. The van der Waals surface area contributed by atoms with Crippen molar-refractivity contribution in [2.45, 2.75) is 19.9 Å². The number of ether oxygens (including phenoxy) is 2. The van der Waals surface area contributed by atoms with E-state index in [0.29, 0.717) is 30.4 Å². The van der Waals surface area contributed by atoms with Gasteiger partial charge in [0.25, 0.3) is 11.5 Å². The van der Waals surface area contributed by atoms with E-state index in [9.17, 15) is 9.59 Å². The van der Waals surface area contributed by atoms with Crippen LogP contribution in [0.5, 0.6) is 11.5 Å². The van der Waals surface area contributed by atoms with Crippen molar-refractivity contribution in [3.63, 3.8) is 0 Å². The maximum atomic E-state index is 12.7. The highest BCUT2D eigenvalue weighted by atomic mass is 16.6. The Balaban J connectivity index is 1.59. The Bertz CT molecular complexity index is 1090. The zero-order valence-corrected chi connectivity index (χ0v) is 15.1. The molecular weight excluding hydrogens is 346 g/mol. The van der Waals surface area contributed by atoms with Crippen molar-refractivity contribution in [2.24, 2.45) is 0 Å². The van der Waals surface area contributed by atoms with Gasteiger partial charge in [-0.25, -0.2) is 4.98 Å². The molecule has 1 aliphatic rings. The molecule has 1 aromatic carbocycles. The zero-order valence-electron chi connectivity index (χ0n) is 15.1. The van der Waals surface area contributed by atoms with Crippen LogP contribution in [0.4, 0.5) is 0 Å². The van der Waals surface area contributed by atoms with E-state index in [1.165, 1.54) is 10.6 Å². The number of hydrogen-bond donors (Lipinski definition) is 1. The number of aryl methyl sites for hydroxylation is 1. The first-order valence-corrected chi connectivity index (χ1v) is 8.71. The monoisotopic (exact) mass is 365 g/mol. The quantitative estimate of drug-likeness (QED) is 0.770. The van der Waals surface area contributed by atoms with Crippen LogP contribution in [0.3, 0.4) is 0 Å². The molecule has 0 radical (unpaired) electrons. The lowest BCUT2D eigenvalue weighted by Crippen LogP contribution is -2.33. The van der Waals surface area contributed by atoms with Gasteiger partial charge in [-0.1, -0.05) is 12.1 Å². The summed E-state index contributed by atoms with van der Waals surface area (Å²) >= 11 is 0. The van der Waals surface area contributed by atoms with Gasteiger partial charge in [0, 0.05) is 12.4 Å². The third-order valence-corrected chi connectivity index (χ3v) is 4.51. The topological polar surface area (TPSA) is 81.9 Å². The van der Waals surface area contributed by atoms with Crippen molar-refractivity contribution < 1.29 is 14.3 Å². The van der Waals surface area contributed by atoms with Gasteiger partial charge in [-0.2, -0.15) is 0 Å². The largest absolute Gasteiger partial charge is 0.486 e. The summed E-state index contributed by atoms with van der Waals surface area (Å²) < 4.78 is 12.5. The molecule has 0 saturated heterocycles. The average Bonchev–Trinajstić information content (AvgIpc) is 2.68. The highest BCUT2D eigenvalue weighted by Crippen LogP contribution is 2.32. The van der Waals surface area contributed by atoms with Gasteiger partial charge >= 0.3 is 0 Å². The van der Waals surface area contributed by atoms with Crippen LogP contribution in [0.15, 0.2) is 47.5 Å². The molecule has 1 atom stereocenters. The Morgan fingerprint density at radius 2 is 1.96 bits per heavy atom. The van der Waals surface area contributed by atoms with Crippen molar-refractivity contribution >= 4 is 11.6 Å². The van der Waals surface area contributed by atoms with Crippen molar-refractivity contribution in [3.8, 4) is 11.5 Å². The summed E-state index contributed by atoms with van der Waals surface area (Å²) in [4.78, 5) is 29.5. The molecule has 7 heteroatoms. The van der Waals surface area contributed by atoms with Gasteiger partial charge in [0.05, 0.1) is 6.04 Å². The molecule has 138 valence electrons. The smallest absolute Gasteiger partial charge is 0.270 e. The normalized spacial score (nSPS) is 14.0. The summed E-state index contributed by atoms with van der Waals surface area (Å²) in [5.41, 5.74) is 1.88. The molecular formula is C20H19N3O4. The molecule has 1 unspecified atom stereocenters. The maximum absolute atomic E-state index is 12.7. The van der Waals surface area contributed by atoms with E-state index in [2.05, 4.69) is 10.3 Å². The van der Waals surface area contributed by atoms with Crippen LogP contribution in [-0.2, 0) is 0 Å². The molecule has 0 spiro atoms. The van der Waals surface area contributed by atoms with E-state index in [0.717, 1.165) is 11.1 Å². The number of nitrogens with one attached hydrogen (secondary N) is 1. The minimum atomic E-state index is -0.467. The number of carbonyl (C=O) groups is 1. The van der Waals surface area contributed by atoms with E-state index in [4.69, 9.17) is 9.47 Å². The standard InChI is InChI=1S/C20H19N3O4/c1-12-3-6-18-21-10-15(20(25)23(18)11-12)19(24)22-13(2)14-4-5-16-17(9-14)27-8-7-26-16/h3-6,9-11,13H,7-8H2,1-2H3,(H,22,24). The number of nitrogens with zero attached hydrogens (tertiary/aromatic N) is 2. The number of benzene rings is 1. The minimum absolute atomic E-state index is 0.00231. The van der Waals surface area contributed by atoms with Crippen molar-refractivity contribution in [2.75, 3.05) is 13.2 Å². The van der Waals surface area contributed by atoms with Crippen molar-refractivity contribution in [1.82, 2.24) is 14.7 Å². The summed E-state index contributed by atoms with van der Waals surface area (Å²) in [6.07, 6.45) is 2.99. The second kappa shape index (κ2) is 6.75. The number of pyridine rings is 1. The SMILES string of the molecule is Cc1ccc2ncc(C(=O)NC(C)c3ccc4c(c3)OCCO4)c(=O)n2c1. The number of carbonyl (C=O) groups excluding carboxylic acids is 1. The maximum Gasteiger partial charge on any atom is 0.270 e. The molecule has 7 nitrogen and oxygen atoms in total. The van der Waals surface area contributed by atoms with Crippen LogP contribution in [0.2, 0.25) is 0 Å². The molecule has 0 fully saturated rings. The third-order valence-electron chi connectivity index (χ3n) is 4.51. The van der Waals surface area contributed by atoms with Gasteiger partial charge in [0.1, 0.15) is 24.4 Å². The van der Waals surface area contributed by atoms with Crippen LogP contribution in [0.1, 0.15) is 34.5 Å². The average molecular weight is 365 g/mol. The Morgan fingerprint density at radius 1 is 1.19 bits per heavy atom. The molecule has 3 aromatic rings. The Hall–Kier alpha value is -3.35. The molecule has 2 aromatic heterocycles. The van der Waals surface area contributed by atoms with E-state index in [1.807, 2.05) is 38.1 Å². The first kappa shape index (κ1) is 17.1. The van der Waals surface area contributed by atoms with Gasteiger partial charge in [-0.3, -0.25) is 14.0 Å². The van der Waals surface area contributed by atoms with E-state index in [1.54, 1.807) is 12.3 Å². The molecule has 3 heterocycles. The lowest BCUT2D eigenvalue weighted by Gasteiger charge is -2.21. The van der Waals surface area contributed by atoms with Crippen LogP contribution >= 0.6 is 0 Å². The van der Waals surface area contributed by atoms with Gasteiger partial charge in [0.2, 0.25) is 0 Å². The lowest BCUT2D eigenvalue weighted by molar-refractivity contribution is 0.0937. The Morgan fingerprint density at radius 3 is 2.78 bits per heavy atom. The molecule has 1 amide bonds. The lowest BCUT2D eigenvalue weighted by atomic mass is 10.1. The van der Waals surface area contributed by atoms with Crippen molar-refractivity contribution in [1.29, 1.82) is 0 Å². The fraction of sp³-hybridized carbons (Fsp3) is 0.250. The predicted molar refractivity (Wildman–Crippen MR) is 99.5 cm³/mol. The van der Waals surface area contributed by atoms with Crippen LogP contribution in [0, 0.1) is 6.92 Å². The number of hydrogen-bond acceptors (Lipinski definition) is 5. The summed E-state index contributed by atoms with van der Waals surface area (Å²) in [6, 6.07) is 8.83. The van der Waals surface area contributed by atoms with Gasteiger partial charge in [-0.05, 0) is 43.2 Å². The number of fused-ring (bicyclic) bond motifs is 2. The summed E-state index contributed by atoms with van der Waals surface area (Å²) in [7, 11) is 0. The minimum Gasteiger partial charge on any atom is -0.486 e. The second-order valence-electron chi connectivity index (χ2n) is 6.51. The van der Waals surface area contributed by atoms with Gasteiger partial charge in [0.15, 0.2) is 11.5 Å². The predicted octanol–water partition coefficient (Wildman–Crippen LogP) is 2.27. The Labute approximate surface area is 155 Å². The molecule has 0 saturated carbocycles. The van der Waals surface area contributed by atoms with Gasteiger partial charge < -0.3 is 14.8 Å². The fourth-order valence-electron chi connectivity index (χ4n) is 3.03. The molecule has 0 bridgehead atoms. The van der Waals surface area contributed by atoms with E-state index in [-0.39, 0.29) is 11.6 Å². The third kappa shape index (κ3) is 3.23. The fourth-order valence-corrected chi connectivity index (χ4v) is 3.03. The molecule has 27 heavy (non-hydrogen) atoms. The zero-order chi connectivity index (χ0) is 19.0. The highest BCUT2D eigenvalue weighted by Gasteiger charge is 2.19. The van der Waals surface area contributed by atoms with Crippen LogP contribution in [-0.4, -0.2) is 28.5 Å². The first-order valence-electron chi connectivity index (χ1n) is 8.71. The molecule has 4 rings (SSSR count). The van der Waals surface area contributed by atoms with Crippen LogP contribution < -0.4 is 20.3 Å².